The molecule has 1 aromatic rings. The van der Waals surface area contributed by atoms with Crippen molar-refractivity contribution in [3.63, 3.8) is 0 Å². The lowest BCUT2D eigenvalue weighted by Gasteiger charge is -2.15. The Balaban J connectivity index is 2.18. The second-order valence-corrected chi connectivity index (χ2v) is 6.72. The van der Waals surface area contributed by atoms with Gasteiger partial charge in [-0.1, -0.05) is 41.5 Å². The summed E-state index contributed by atoms with van der Waals surface area (Å²) in [5, 5.41) is 4.52. The van der Waals surface area contributed by atoms with E-state index in [0.717, 1.165) is 28.2 Å². The summed E-state index contributed by atoms with van der Waals surface area (Å²) in [4.78, 5) is 4.79. The molecule has 0 aromatic heterocycles. The lowest BCUT2D eigenvalue weighted by Crippen LogP contribution is -2.20. The van der Waals surface area contributed by atoms with E-state index in [4.69, 9.17) is 4.99 Å². The minimum Gasteiger partial charge on any atom is -0.335 e. The minimum absolute atomic E-state index is 0.106. The van der Waals surface area contributed by atoms with Gasteiger partial charge in [0.2, 0.25) is 0 Å². The highest BCUT2D eigenvalue weighted by atomic mass is 79.9. The third kappa shape index (κ3) is 3.09. The molecule has 2 nitrogen and oxygen atoms in total. The number of nitrogens with zero attached hydrogens (tertiary/aromatic N) is 1. The molecule has 98 valence electrons. The number of thioether (sulfide) groups is 1. The topological polar surface area (TPSA) is 24.4 Å². The molecule has 1 aromatic carbocycles. The Bertz CT molecular complexity index is 473. The first-order valence-corrected chi connectivity index (χ1v) is 8.12. The lowest BCUT2D eigenvalue weighted by molar-refractivity contribution is 0.523. The summed E-state index contributed by atoms with van der Waals surface area (Å²) in [5.74, 6) is 1.07. The number of aryl methyl sites for hydroxylation is 1. The van der Waals surface area contributed by atoms with Crippen molar-refractivity contribution in [2.24, 2.45) is 4.99 Å². The average Bonchev–Trinajstić information content (AvgIpc) is 2.74. The van der Waals surface area contributed by atoms with Crippen molar-refractivity contribution in [1.82, 2.24) is 0 Å². The molecule has 1 aliphatic heterocycles. The van der Waals surface area contributed by atoms with Crippen LogP contribution in [0, 0.1) is 0 Å². The molecule has 0 amide bonds. The summed E-state index contributed by atoms with van der Waals surface area (Å²) in [6.45, 7) is 6.59. The molecule has 1 aliphatic rings. The van der Waals surface area contributed by atoms with Crippen molar-refractivity contribution >= 4 is 38.5 Å². The van der Waals surface area contributed by atoms with Crippen LogP contribution in [0.15, 0.2) is 27.7 Å². The van der Waals surface area contributed by atoms with E-state index in [-0.39, 0.29) is 5.54 Å². The van der Waals surface area contributed by atoms with Gasteiger partial charge in [-0.2, -0.15) is 0 Å². The van der Waals surface area contributed by atoms with Gasteiger partial charge in [0.1, 0.15) is 0 Å². The van der Waals surface area contributed by atoms with Crippen molar-refractivity contribution in [3.8, 4) is 0 Å². The molecule has 1 N–H and O–H groups in total. The van der Waals surface area contributed by atoms with Gasteiger partial charge in [-0.3, -0.25) is 4.99 Å². The molecule has 0 bridgehead atoms. The molecule has 0 spiro atoms. The summed E-state index contributed by atoms with van der Waals surface area (Å²) < 4.78 is 1.13. The van der Waals surface area contributed by atoms with Gasteiger partial charge in [0.05, 0.1) is 5.54 Å². The van der Waals surface area contributed by atoms with Crippen LogP contribution < -0.4 is 5.32 Å². The van der Waals surface area contributed by atoms with E-state index in [1.807, 2.05) is 11.8 Å². The van der Waals surface area contributed by atoms with E-state index in [1.165, 1.54) is 11.3 Å². The maximum atomic E-state index is 4.79. The Labute approximate surface area is 122 Å². The average molecular weight is 327 g/mol. The summed E-state index contributed by atoms with van der Waals surface area (Å²) in [6, 6.07) is 6.36. The van der Waals surface area contributed by atoms with E-state index < -0.39 is 0 Å². The highest BCUT2D eigenvalue weighted by Crippen LogP contribution is 2.31. The molecule has 1 atom stereocenters. The third-order valence-electron chi connectivity index (χ3n) is 3.34. The fraction of sp³-hybridized carbons (Fsp3) is 0.500. The predicted octanol–water partition coefficient (Wildman–Crippen LogP) is 4.69. The zero-order valence-electron chi connectivity index (χ0n) is 11.1. The quantitative estimate of drug-likeness (QED) is 0.870. The molecule has 1 heterocycles. The first kappa shape index (κ1) is 13.9. The first-order valence-electron chi connectivity index (χ1n) is 6.34. The second-order valence-electron chi connectivity index (χ2n) is 4.84. The highest BCUT2D eigenvalue weighted by Gasteiger charge is 2.28. The summed E-state index contributed by atoms with van der Waals surface area (Å²) in [6.07, 6.45) is 2.11. The summed E-state index contributed by atoms with van der Waals surface area (Å²) in [5.41, 5.74) is 2.60. The van der Waals surface area contributed by atoms with E-state index in [2.05, 4.69) is 60.2 Å². The van der Waals surface area contributed by atoms with Crippen LogP contribution in [0.4, 0.5) is 5.69 Å². The molecule has 0 fully saturated rings. The molecule has 4 heteroatoms. The monoisotopic (exact) mass is 326 g/mol. The van der Waals surface area contributed by atoms with Crippen molar-refractivity contribution in [2.75, 3.05) is 11.1 Å². The molecule has 0 aliphatic carbocycles. The fourth-order valence-electron chi connectivity index (χ4n) is 1.87. The fourth-order valence-corrected chi connectivity index (χ4v) is 3.46. The van der Waals surface area contributed by atoms with Crippen molar-refractivity contribution in [1.29, 1.82) is 0 Å². The van der Waals surface area contributed by atoms with Crippen molar-refractivity contribution in [2.45, 2.75) is 39.2 Å². The van der Waals surface area contributed by atoms with Gasteiger partial charge < -0.3 is 5.32 Å². The Morgan fingerprint density at radius 1 is 1.44 bits per heavy atom. The summed E-state index contributed by atoms with van der Waals surface area (Å²) >= 11 is 5.34. The van der Waals surface area contributed by atoms with E-state index in [1.54, 1.807) is 0 Å². The maximum Gasteiger partial charge on any atom is 0.161 e. The van der Waals surface area contributed by atoms with Crippen LogP contribution in [0.3, 0.4) is 0 Å². The minimum atomic E-state index is 0.106. The molecular formula is C14H19BrN2S. The Morgan fingerprint density at radius 2 is 2.22 bits per heavy atom. The lowest BCUT2D eigenvalue weighted by atomic mass is 10.0. The van der Waals surface area contributed by atoms with Crippen LogP contribution in [0.25, 0.3) is 0 Å². The number of hydrogen-bond donors (Lipinski definition) is 1. The molecule has 0 saturated carbocycles. The third-order valence-corrected chi connectivity index (χ3v) is 5.07. The SMILES string of the molecule is CCc1cc(Br)ccc1NC1=NC(C)(CC)CS1. The van der Waals surface area contributed by atoms with Crippen LogP contribution in [-0.4, -0.2) is 16.5 Å². The number of halogens is 1. The zero-order valence-corrected chi connectivity index (χ0v) is 13.5. The number of aliphatic imine (C=N–C) groups is 1. The molecule has 1 unspecified atom stereocenters. The zero-order chi connectivity index (χ0) is 13.2. The molecule has 0 saturated heterocycles. The van der Waals surface area contributed by atoms with Crippen LogP contribution in [0.5, 0.6) is 0 Å². The molecule has 18 heavy (non-hydrogen) atoms. The van der Waals surface area contributed by atoms with Gasteiger partial charge in [-0.05, 0) is 43.5 Å². The van der Waals surface area contributed by atoms with Crippen LogP contribution in [0.2, 0.25) is 0 Å². The number of hydrogen-bond acceptors (Lipinski definition) is 3. The Morgan fingerprint density at radius 3 is 2.83 bits per heavy atom. The van der Waals surface area contributed by atoms with Crippen molar-refractivity contribution < 1.29 is 0 Å². The van der Waals surface area contributed by atoms with E-state index in [9.17, 15) is 0 Å². The van der Waals surface area contributed by atoms with E-state index in [0.29, 0.717) is 0 Å². The summed E-state index contributed by atoms with van der Waals surface area (Å²) in [7, 11) is 0. The molecule has 0 radical (unpaired) electrons. The van der Waals surface area contributed by atoms with Gasteiger partial charge in [0.25, 0.3) is 0 Å². The van der Waals surface area contributed by atoms with Gasteiger partial charge in [0.15, 0.2) is 5.17 Å². The smallest absolute Gasteiger partial charge is 0.161 e. The maximum absolute atomic E-state index is 4.79. The highest BCUT2D eigenvalue weighted by molar-refractivity contribution is 9.10. The van der Waals surface area contributed by atoms with E-state index >= 15 is 0 Å². The van der Waals surface area contributed by atoms with Gasteiger partial charge in [-0.15, -0.1) is 0 Å². The Hall–Kier alpha value is -0.480. The first-order chi connectivity index (χ1) is 8.56. The number of rotatable bonds is 3. The largest absolute Gasteiger partial charge is 0.335 e. The standard InChI is InChI=1S/C14H19BrN2S/c1-4-10-8-11(15)6-7-12(10)16-13-17-14(3,5-2)9-18-13/h6-8H,4-5,9H2,1-3H3,(H,16,17). The predicted molar refractivity (Wildman–Crippen MR) is 85.7 cm³/mol. The second kappa shape index (κ2) is 5.66. The molecule has 2 rings (SSSR count). The van der Waals surface area contributed by atoms with Crippen molar-refractivity contribution in [3.05, 3.63) is 28.2 Å². The normalized spacial score (nSPS) is 23.0. The van der Waals surface area contributed by atoms with Gasteiger partial charge in [0, 0.05) is 15.9 Å². The van der Waals surface area contributed by atoms with Crippen LogP contribution in [-0.2, 0) is 6.42 Å². The number of nitrogens with one attached hydrogen (secondary N) is 1. The van der Waals surface area contributed by atoms with Crippen LogP contribution >= 0.6 is 27.7 Å². The number of anilines is 1. The Kier molecular flexibility index (Phi) is 4.38. The number of amidine groups is 1. The van der Waals surface area contributed by atoms with Gasteiger partial charge in [-0.25, -0.2) is 0 Å². The van der Waals surface area contributed by atoms with Gasteiger partial charge >= 0.3 is 0 Å². The molecular weight excluding hydrogens is 308 g/mol. The van der Waals surface area contributed by atoms with Crippen LogP contribution in [0.1, 0.15) is 32.8 Å². The number of benzene rings is 1.